The first-order valence-corrected chi connectivity index (χ1v) is 14.1. The summed E-state index contributed by atoms with van der Waals surface area (Å²) in [6.45, 7) is -1.42. The van der Waals surface area contributed by atoms with Crippen LogP contribution >= 0.6 is 0 Å². The zero-order valence-corrected chi connectivity index (χ0v) is 24.7. The molecule has 18 nitrogen and oxygen atoms in total. The number of fused-ring (bicyclic) bond motifs is 1. The Morgan fingerprint density at radius 3 is 2.02 bits per heavy atom. The standard InChI is InChI=1S/C29H34O18/c1-41-12-5-9(3-4-10(12)31)25-27(20(36)16-13(44-25)6-11(32)26(42-2)19(16)35)47-29-24(40)22(38)18(34)15(46-29)8-43-28-23(39)21(37)17(33)14(7-30)45-28/h3-6,14-15,17-18,21-24,28-35,37-40H,7-8H2,1-2H3. The van der Waals surface area contributed by atoms with E-state index in [-0.39, 0.29) is 28.4 Å². The molecule has 2 aliphatic rings. The average Bonchev–Trinajstić information content (AvgIpc) is 3.05. The van der Waals surface area contributed by atoms with E-state index in [4.69, 9.17) is 32.8 Å². The SMILES string of the molecule is COc1cc(-c2oc3cc(O)c(OC)c(O)c3c(=O)c2OC2OC(COC3OC(CO)C(O)C(O)C3O)C(O)C(O)C2O)ccc1O. The van der Waals surface area contributed by atoms with Crippen LogP contribution in [-0.4, -0.2) is 140 Å². The number of aliphatic hydroxyl groups excluding tert-OH is 7. The molecule has 10 atom stereocenters. The number of phenols is 3. The van der Waals surface area contributed by atoms with Gasteiger partial charge in [-0.3, -0.25) is 4.79 Å². The van der Waals surface area contributed by atoms with Crippen LogP contribution in [0.2, 0.25) is 0 Å². The Kier molecular flexibility index (Phi) is 9.99. The topological polar surface area (TPSA) is 288 Å². The fraction of sp³-hybridized carbons (Fsp3) is 0.483. The van der Waals surface area contributed by atoms with Gasteiger partial charge in [0.2, 0.25) is 23.2 Å². The average molecular weight is 671 g/mol. The quantitative estimate of drug-likeness (QED) is 0.113. The predicted octanol–water partition coefficient (Wildman–Crippen LogP) is -2.40. The lowest BCUT2D eigenvalue weighted by Crippen LogP contribution is -2.62. The van der Waals surface area contributed by atoms with Gasteiger partial charge in [-0.05, 0) is 18.2 Å². The van der Waals surface area contributed by atoms with Gasteiger partial charge in [0.25, 0.3) is 0 Å². The molecule has 1 aromatic heterocycles. The van der Waals surface area contributed by atoms with E-state index in [1.54, 1.807) is 0 Å². The van der Waals surface area contributed by atoms with Gasteiger partial charge in [0, 0.05) is 11.6 Å². The molecule has 258 valence electrons. The zero-order valence-electron chi connectivity index (χ0n) is 24.7. The molecule has 0 bridgehead atoms. The van der Waals surface area contributed by atoms with Crippen LogP contribution in [0, 0.1) is 0 Å². The van der Waals surface area contributed by atoms with Crippen molar-refractivity contribution in [2.45, 2.75) is 61.4 Å². The Morgan fingerprint density at radius 2 is 1.38 bits per heavy atom. The molecule has 10 N–H and O–H groups in total. The van der Waals surface area contributed by atoms with E-state index < -0.39 is 108 Å². The minimum absolute atomic E-state index is 0.0467. The fourth-order valence-electron chi connectivity index (χ4n) is 5.27. The van der Waals surface area contributed by atoms with Gasteiger partial charge in [-0.2, -0.15) is 0 Å². The van der Waals surface area contributed by atoms with Gasteiger partial charge in [-0.1, -0.05) is 0 Å². The van der Waals surface area contributed by atoms with Crippen LogP contribution in [0.3, 0.4) is 0 Å². The first-order chi connectivity index (χ1) is 22.3. The number of rotatable bonds is 9. The molecule has 0 aliphatic carbocycles. The summed E-state index contributed by atoms with van der Waals surface area (Å²) >= 11 is 0. The maximum Gasteiger partial charge on any atom is 0.239 e. The third kappa shape index (κ3) is 6.23. The van der Waals surface area contributed by atoms with Gasteiger partial charge < -0.3 is 83.9 Å². The normalized spacial score (nSPS) is 31.1. The Balaban J connectivity index is 1.52. The van der Waals surface area contributed by atoms with Crippen LogP contribution < -0.4 is 19.6 Å². The molecule has 0 saturated carbocycles. The predicted molar refractivity (Wildman–Crippen MR) is 153 cm³/mol. The number of ether oxygens (including phenoxy) is 6. The van der Waals surface area contributed by atoms with E-state index in [0.717, 1.165) is 13.2 Å². The molecule has 47 heavy (non-hydrogen) atoms. The summed E-state index contributed by atoms with van der Waals surface area (Å²) in [4.78, 5) is 13.9. The maximum atomic E-state index is 13.9. The first kappa shape index (κ1) is 34.4. The molecule has 3 aromatic rings. The van der Waals surface area contributed by atoms with E-state index in [2.05, 4.69) is 0 Å². The maximum absolute atomic E-state index is 13.9. The van der Waals surface area contributed by atoms with Crippen LogP contribution in [0.25, 0.3) is 22.3 Å². The van der Waals surface area contributed by atoms with Crippen molar-refractivity contribution in [2.75, 3.05) is 27.4 Å². The van der Waals surface area contributed by atoms with Crippen molar-refractivity contribution in [3.05, 3.63) is 34.5 Å². The van der Waals surface area contributed by atoms with Crippen molar-refractivity contribution in [3.8, 4) is 45.8 Å². The molecule has 18 heteroatoms. The lowest BCUT2D eigenvalue weighted by Gasteiger charge is -2.42. The summed E-state index contributed by atoms with van der Waals surface area (Å²) in [5.74, 6) is -3.24. The smallest absolute Gasteiger partial charge is 0.239 e. The number of hydrogen-bond donors (Lipinski definition) is 10. The molecular weight excluding hydrogens is 636 g/mol. The van der Waals surface area contributed by atoms with Gasteiger partial charge in [-0.15, -0.1) is 0 Å². The number of phenolic OH excluding ortho intramolecular Hbond substituents is 3. The molecule has 5 rings (SSSR count). The van der Waals surface area contributed by atoms with Gasteiger partial charge in [0.15, 0.2) is 35.0 Å². The highest BCUT2D eigenvalue weighted by Crippen LogP contribution is 2.44. The molecule has 0 radical (unpaired) electrons. The zero-order chi connectivity index (χ0) is 34.3. The second kappa shape index (κ2) is 13.6. The van der Waals surface area contributed by atoms with Gasteiger partial charge in [0.05, 0.1) is 27.4 Å². The van der Waals surface area contributed by atoms with Crippen LogP contribution in [-0.2, 0) is 14.2 Å². The minimum atomic E-state index is -2.01. The number of aliphatic hydroxyl groups is 7. The highest BCUT2D eigenvalue weighted by atomic mass is 16.7. The summed E-state index contributed by atoms with van der Waals surface area (Å²) in [6.07, 6.45) is -17.5. The van der Waals surface area contributed by atoms with Gasteiger partial charge >= 0.3 is 0 Å². The summed E-state index contributed by atoms with van der Waals surface area (Å²) in [5.41, 5.74) is -1.32. The molecule has 2 saturated heterocycles. The Labute approximate surface area is 264 Å². The first-order valence-electron chi connectivity index (χ1n) is 14.1. The second-order valence-electron chi connectivity index (χ2n) is 10.8. The number of methoxy groups -OCH3 is 2. The van der Waals surface area contributed by atoms with Crippen LogP contribution in [0.4, 0.5) is 0 Å². The van der Waals surface area contributed by atoms with Crippen molar-refractivity contribution in [3.63, 3.8) is 0 Å². The molecular formula is C29H34O18. The molecule has 0 spiro atoms. The minimum Gasteiger partial charge on any atom is -0.504 e. The lowest BCUT2D eigenvalue weighted by molar-refractivity contribution is -0.323. The summed E-state index contributed by atoms with van der Waals surface area (Å²) in [7, 11) is 2.39. The van der Waals surface area contributed by atoms with E-state index in [9.17, 15) is 55.9 Å². The van der Waals surface area contributed by atoms with Crippen molar-refractivity contribution >= 4 is 11.0 Å². The number of benzene rings is 2. The molecule has 10 unspecified atom stereocenters. The van der Waals surface area contributed by atoms with Crippen molar-refractivity contribution < 1.29 is 83.9 Å². The lowest BCUT2D eigenvalue weighted by atomic mass is 9.98. The fourth-order valence-corrected chi connectivity index (χ4v) is 5.27. The van der Waals surface area contributed by atoms with Crippen LogP contribution in [0.1, 0.15) is 0 Å². The second-order valence-corrected chi connectivity index (χ2v) is 10.8. The highest BCUT2D eigenvalue weighted by Gasteiger charge is 2.48. The van der Waals surface area contributed by atoms with Gasteiger partial charge in [-0.25, -0.2) is 0 Å². The van der Waals surface area contributed by atoms with Crippen molar-refractivity contribution in [2.24, 2.45) is 0 Å². The molecule has 2 aliphatic heterocycles. The van der Waals surface area contributed by atoms with Gasteiger partial charge in [0.1, 0.15) is 59.8 Å². The van der Waals surface area contributed by atoms with E-state index in [1.165, 1.54) is 25.3 Å². The van der Waals surface area contributed by atoms with Crippen molar-refractivity contribution in [1.29, 1.82) is 0 Å². The Hall–Kier alpha value is -3.95. The highest BCUT2D eigenvalue weighted by molar-refractivity contribution is 5.91. The molecule has 3 heterocycles. The van der Waals surface area contributed by atoms with Crippen LogP contribution in [0.15, 0.2) is 33.5 Å². The monoisotopic (exact) mass is 670 g/mol. The van der Waals surface area contributed by atoms with E-state index >= 15 is 0 Å². The van der Waals surface area contributed by atoms with E-state index in [0.29, 0.717) is 0 Å². The number of hydrogen-bond acceptors (Lipinski definition) is 18. The summed E-state index contributed by atoms with van der Waals surface area (Å²) in [6, 6.07) is 4.79. The Morgan fingerprint density at radius 1 is 0.745 bits per heavy atom. The van der Waals surface area contributed by atoms with E-state index in [1.807, 2.05) is 0 Å². The Bertz CT molecular complexity index is 1640. The molecule has 2 aromatic carbocycles. The third-order valence-electron chi connectivity index (χ3n) is 7.87. The number of aromatic hydroxyl groups is 3. The third-order valence-corrected chi connectivity index (χ3v) is 7.87. The van der Waals surface area contributed by atoms with Crippen molar-refractivity contribution in [1.82, 2.24) is 0 Å². The molecule has 2 fully saturated rings. The summed E-state index contributed by atoms with van der Waals surface area (Å²) < 4.78 is 38.1. The summed E-state index contributed by atoms with van der Waals surface area (Å²) in [5, 5.41) is 102. The largest absolute Gasteiger partial charge is 0.504 e. The van der Waals surface area contributed by atoms with Crippen LogP contribution in [0.5, 0.6) is 34.5 Å². The molecule has 0 amide bonds.